The molecule has 0 aliphatic carbocycles. The van der Waals surface area contributed by atoms with Gasteiger partial charge in [0.1, 0.15) is 11.5 Å². The number of aryl methyl sites for hydroxylation is 2. The fraction of sp³-hybridized carbons (Fsp3) is 0.154. The van der Waals surface area contributed by atoms with Crippen molar-refractivity contribution < 1.29 is 22.7 Å². The summed E-state index contributed by atoms with van der Waals surface area (Å²) in [4.78, 5) is 12.9. The minimum atomic E-state index is -3.87. The average molecular weight is 526 g/mol. The van der Waals surface area contributed by atoms with Gasteiger partial charge in [-0.25, -0.2) is 13.1 Å². The lowest BCUT2D eigenvalue weighted by Gasteiger charge is -2.11. The second-order valence-electron chi connectivity index (χ2n) is 8.09. The van der Waals surface area contributed by atoms with Crippen molar-refractivity contribution in [3.63, 3.8) is 0 Å². The number of carbonyl (C=O) groups is 1. The number of nitrogens with one attached hydrogen (secondary N) is 1. The fourth-order valence-corrected chi connectivity index (χ4v) is 4.96. The van der Waals surface area contributed by atoms with Crippen LogP contribution in [-0.4, -0.2) is 31.2 Å². The SMILES string of the molecule is COc1cc(NC(=O)c2ccn(COc3ccc(C)cc3C)n2)cc(S(=O)(=O)c2ccc(Cl)cc2)c1. The van der Waals surface area contributed by atoms with Crippen molar-refractivity contribution in [1.29, 1.82) is 0 Å². The van der Waals surface area contributed by atoms with Gasteiger partial charge in [-0.05, 0) is 67.9 Å². The molecule has 8 nitrogen and oxygen atoms in total. The number of anilines is 1. The molecule has 0 aliphatic rings. The van der Waals surface area contributed by atoms with Crippen LogP contribution >= 0.6 is 11.6 Å². The highest BCUT2D eigenvalue weighted by molar-refractivity contribution is 7.91. The molecule has 186 valence electrons. The van der Waals surface area contributed by atoms with E-state index in [0.717, 1.165) is 16.9 Å². The van der Waals surface area contributed by atoms with Crippen LogP contribution in [0.4, 0.5) is 5.69 Å². The Morgan fingerprint density at radius 2 is 1.75 bits per heavy atom. The second-order valence-corrected chi connectivity index (χ2v) is 10.5. The fourth-order valence-electron chi connectivity index (χ4n) is 3.51. The predicted octanol–water partition coefficient (Wildman–Crippen LogP) is 5.28. The third kappa shape index (κ3) is 5.69. The maximum atomic E-state index is 13.1. The normalized spacial score (nSPS) is 11.2. The summed E-state index contributed by atoms with van der Waals surface area (Å²) < 4.78 is 38.8. The van der Waals surface area contributed by atoms with Crippen LogP contribution in [0.15, 0.2) is 82.7 Å². The first-order valence-corrected chi connectivity index (χ1v) is 12.8. The molecule has 0 saturated carbocycles. The first kappa shape index (κ1) is 25.3. The van der Waals surface area contributed by atoms with Crippen LogP contribution in [0.25, 0.3) is 0 Å². The van der Waals surface area contributed by atoms with Crippen molar-refractivity contribution >= 4 is 33.0 Å². The number of hydrogen-bond donors (Lipinski definition) is 1. The number of nitrogens with zero attached hydrogens (tertiary/aromatic N) is 2. The van der Waals surface area contributed by atoms with E-state index in [4.69, 9.17) is 21.1 Å². The Morgan fingerprint density at radius 1 is 1.00 bits per heavy atom. The zero-order valence-corrected chi connectivity index (χ0v) is 21.4. The van der Waals surface area contributed by atoms with Crippen molar-refractivity contribution in [3.05, 3.63) is 94.8 Å². The number of benzene rings is 3. The molecule has 4 rings (SSSR count). The van der Waals surface area contributed by atoms with Crippen LogP contribution in [0.1, 0.15) is 21.6 Å². The summed E-state index contributed by atoms with van der Waals surface area (Å²) >= 11 is 5.88. The highest BCUT2D eigenvalue weighted by Crippen LogP contribution is 2.29. The van der Waals surface area contributed by atoms with Gasteiger partial charge in [0.25, 0.3) is 5.91 Å². The lowest BCUT2D eigenvalue weighted by molar-refractivity contribution is 0.102. The van der Waals surface area contributed by atoms with Gasteiger partial charge < -0.3 is 14.8 Å². The molecule has 0 bridgehead atoms. The van der Waals surface area contributed by atoms with E-state index in [-0.39, 0.29) is 33.7 Å². The molecule has 3 aromatic carbocycles. The minimum Gasteiger partial charge on any atom is -0.497 e. The van der Waals surface area contributed by atoms with E-state index >= 15 is 0 Å². The predicted molar refractivity (Wildman–Crippen MR) is 137 cm³/mol. The number of rotatable bonds is 8. The molecule has 0 atom stereocenters. The van der Waals surface area contributed by atoms with Gasteiger partial charge in [0.2, 0.25) is 9.84 Å². The number of halogens is 1. The molecule has 36 heavy (non-hydrogen) atoms. The van der Waals surface area contributed by atoms with E-state index in [2.05, 4.69) is 10.4 Å². The molecule has 1 N–H and O–H groups in total. The number of carbonyl (C=O) groups excluding carboxylic acids is 1. The molecular formula is C26H24ClN3O5S. The zero-order chi connectivity index (χ0) is 25.9. The van der Waals surface area contributed by atoms with Crippen molar-refractivity contribution in [3.8, 4) is 11.5 Å². The highest BCUT2D eigenvalue weighted by atomic mass is 35.5. The van der Waals surface area contributed by atoms with E-state index in [1.165, 1.54) is 54.3 Å². The third-order valence-corrected chi connectivity index (χ3v) is 7.36. The second kappa shape index (κ2) is 10.4. The minimum absolute atomic E-state index is 0.0353. The van der Waals surface area contributed by atoms with Gasteiger partial charge in [-0.1, -0.05) is 29.3 Å². The van der Waals surface area contributed by atoms with E-state index < -0.39 is 15.7 Å². The summed E-state index contributed by atoms with van der Waals surface area (Å²) in [6, 6.07) is 17.5. The molecule has 0 spiro atoms. The van der Waals surface area contributed by atoms with Gasteiger partial charge in [-0.3, -0.25) is 4.79 Å². The van der Waals surface area contributed by atoms with Gasteiger partial charge >= 0.3 is 0 Å². The van der Waals surface area contributed by atoms with Crippen LogP contribution in [0.5, 0.6) is 11.5 Å². The quantitative estimate of drug-likeness (QED) is 0.336. The standard InChI is InChI=1S/C26H24ClN3O5S/c1-17-4-9-25(18(2)12-17)35-16-30-11-10-24(29-30)26(31)28-20-13-21(34-3)15-23(14-20)36(32,33)22-7-5-19(27)6-8-22/h4-15H,16H2,1-3H3,(H,28,31). The molecular weight excluding hydrogens is 502 g/mol. The van der Waals surface area contributed by atoms with Gasteiger partial charge in [0.15, 0.2) is 12.4 Å². The summed E-state index contributed by atoms with van der Waals surface area (Å²) in [6.45, 7) is 4.09. The molecule has 1 heterocycles. The van der Waals surface area contributed by atoms with Crippen LogP contribution in [0, 0.1) is 13.8 Å². The van der Waals surface area contributed by atoms with E-state index in [0.29, 0.717) is 5.02 Å². The lowest BCUT2D eigenvalue weighted by atomic mass is 10.1. The van der Waals surface area contributed by atoms with Crippen LogP contribution < -0.4 is 14.8 Å². The molecule has 1 amide bonds. The van der Waals surface area contributed by atoms with Crippen molar-refractivity contribution in [1.82, 2.24) is 9.78 Å². The average Bonchev–Trinajstić information content (AvgIpc) is 3.33. The lowest BCUT2D eigenvalue weighted by Crippen LogP contribution is -2.15. The Bertz CT molecular complexity index is 1520. The summed E-state index contributed by atoms with van der Waals surface area (Å²) in [5.41, 5.74) is 2.53. The van der Waals surface area contributed by atoms with Gasteiger partial charge in [-0.15, -0.1) is 0 Å². The number of hydrogen-bond acceptors (Lipinski definition) is 6. The Balaban J connectivity index is 1.50. The maximum absolute atomic E-state index is 13.1. The topological polar surface area (TPSA) is 99.5 Å². The van der Waals surface area contributed by atoms with Gasteiger partial charge in [0.05, 0.1) is 16.9 Å². The van der Waals surface area contributed by atoms with Crippen LogP contribution in [0.2, 0.25) is 5.02 Å². The molecule has 0 radical (unpaired) electrons. The molecule has 0 fully saturated rings. The first-order chi connectivity index (χ1) is 17.2. The Morgan fingerprint density at radius 3 is 2.44 bits per heavy atom. The number of sulfone groups is 1. The molecule has 0 aliphatic heterocycles. The van der Waals surface area contributed by atoms with Gasteiger partial charge in [-0.2, -0.15) is 5.10 Å². The summed E-state index contributed by atoms with van der Waals surface area (Å²) in [7, 11) is -2.46. The smallest absolute Gasteiger partial charge is 0.276 e. The molecule has 4 aromatic rings. The summed E-state index contributed by atoms with van der Waals surface area (Å²) in [5.74, 6) is 0.490. The molecule has 1 aromatic heterocycles. The van der Waals surface area contributed by atoms with Crippen molar-refractivity contribution in [2.24, 2.45) is 0 Å². The number of ether oxygens (including phenoxy) is 2. The van der Waals surface area contributed by atoms with E-state index in [1.54, 1.807) is 12.3 Å². The number of amides is 1. The monoisotopic (exact) mass is 525 g/mol. The molecule has 10 heteroatoms. The third-order valence-electron chi connectivity index (χ3n) is 5.36. The summed E-state index contributed by atoms with van der Waals surface area (Å²) in [5, 5.41) is 7.37. The largest absolute Gasteiger partial charge is 0.497 e. The van der Waals surface area contributed by atoms with E-state index in [9.17, 15) is 13.2 Å². The maximum Gasteiger partial charge on any atom is 0.276 e. The molecule has 0 saturated heterocycles. The Labute approximate surface area is 214 Å². The number of aromatic nitrogens is 2. The highest BCUT2D eigenvalue weighted by Gasteiger charge is 2.20. The Kier molecular flexibility index (Phi) is 7.32. The zero-order valence-electron chi connectivity index (χ0n) is 19.9. The Hall–Kier alpha value is -3.82. The van der Waals surface area contributed by atoms with Gasteiger partial charge in [0, 0.05) is 23.0 Å². The van der Waals surface area contributed by atoms with Crippen LogP contribution in [0.3, 0.4) is 0 Å². The van der Waals surface area contributed by atoms with Crippen LogP contribution in [-0.2, 0) is 16.6 Å². The summed E-state index contributed by atoms with van der Waals surface area (Å²) in [6.07, 6.45) is 1.63. The van der Waals surface area contributed by atoms with Crippen molar-refractivity contribution in [2.45, 2.75) is 30.4 Å². The number of methoxy groups -OCH3 is 1. The molecule has 0 unspecified atom stereocenters. The van der Waals surface area contributed by atoms with Crippen molar-refractivity contribution in [2.75, 3.05) is 12.4 Å². The van der Waals surface area contributed by atoms with E-state index in [1.807, 2.05) is 32.0 Å². The first-order valence-electron chi connectivity index (χ1n) is 10.9.